The molecule has 150 valence electrons. The number of esters is 1. The lowest BCUT2D eigenvalue weighted by Gasteiger charge is -2.28. The van der Waals surface area contributed by atoms with E-state index in [4.69, 9.17) is 4.74 Å². The molecule has 0 heterocycles. The quantitative estimate of drug-likeness (QED) is 0.533. The van der Waals surface area contributed by atoms with Crippen LogP contribution in [-0.2, 0) is 4.74 Å². The van der Waals surface area contributed by atoms with Crippen molar-refractivity contribution in [1.82, 2.24) is 0 Å². The second kappa shape index (κ2) is 10.7. The van der Waals surface area contributed by atoms with Gasteiger partial charge in [-0.2, -0.15) is 0 Å². The summed E-state index contributed by atoms with van der Waals surface area (Å²) in [5.41, 5.74) is -1.18. The zero-order valence-electron chi connectivity index (χ0n) is 16.5. The molecule has 0 aromatic heterocycles. The SMILES string of the molecule is CCC(CC)CC(CC)C(CC)OC(=O)c1cccc(C(=O)O)c1C(=O)O. The third kappa shape index (κ3) is 5.81. The van der Waals surface area contributed by atoms with Crippen molar-refractivity contribution in [1.29, 1.82) is 0 Å². The van der Waals surface area contributed by atoms with Crippen molar-refractivity contribution >= 4 is 17.9 Å². The standard InChI is InChI=1S/C21H30O6/c1-5-13(6-2)12-14(7-3)17(8-4)27-21(26)16-11-9-10-15(19(22)23)18(16)20(24)25/h9-11,13-14,17H,5-8,12H2,1-4H3,(H,22,23)(H,24,25). The smallest absolute Gasteiger partial charge is 0.339 e. The van der Waals surface area contributed by atoms with E-state index in [-0.39, 0.29) is 17.6 Å². The first-order chi connectivity index (χ1) is 12.8. The van der Waals surface area contributed by atoms with Crippen LogP contribution in [-0.4, -0.2) is 34.2 Å². The molecule has 1 aromatic rings. The molecule has 0 saturated carbocycles. The Labute approximate surface area is 160 Å². The van der Waals surface area contributed by atoms with Crippen molar-refractivity contribution in [2.75, 3.05) is 0 Å². The van der Waals surface area contributed by atoms with Gasteiger partial charge in [0.1, 0.15) is 6.10 Å². The van der Waals surface area contributed by atoms with Crippen LogP contribution >= 0.6 is 0 Å². The molecule has 0 bridgehead atoms. The molecule has 0 aliphatic rings. The number of carbonyl (C=O) groups excluding carboxylic acids is 1. The maximum Gasteiger partial charge on any atom is 0.339 e. The van der Waals surface area contributed by atoms with Gasteiger partial charge in [-0.3, -0.25) is 0 Å². The minimum atomic E-state index is -1.46. The second-order valence-corrected chi connectivity index (χ2v) is 6.78. The van der Waals surface area contributed by atoms with Crippen molar-refractivity contribution in [2.45, 2.75) is 65.9 Å². The number of hydrogen-bond donors (Lipinski definition) is 2. The summed E-state index contributed by atoms with van der Waals surface area (Å²) in [6.45, 7) is 8.27. The van der Waals surface area contributed by atoms with Crippen LogP contribution in [0.25, 0.3) is 0 Å². The highest BCUT2D eigenvalue weighted by Gasteiger charge is 2.29. The minimum Gasteiger partial charge on any atom is -0.478 e. The molecule has 0 aliphatic carbocycles. The van der Waals surface area contributed by atoms with Crippen LogP contribution in [0.3, 0.4) is 0 Å². The zero-order valence-corrected chi connectivity index (χ0v) is 16.5. The normalized spacial score (nSPS) is 13.2. The molecule has 27 heavy (non-hydrogen) atoms. The number of aromatic carboxylic acids is 2. The molecule has 6 heteroatoms. The molecule has 0 fully saturated rings. The lowest BCUT2D eigenvalue weighted by molar-refractivity contribution is 0.00730. The van der Waals surface area contributed by atoms with Crippen LogP contribution < -0.4 is 0 Å². The molecule has 0 radical (unpaired) electrons. The van der Waals surface area contributed by atoms with Gasteiger partial charge in [0.2, 0.25) is 0 Å². The Hall–Kier alpha value is -2.37. The van der Waals surface area contributed by atoms with E-state index in [2.05, 4.69) is 20.8 Å². The Morgan fingerprint density at radius 2 is 1.48 bits per heavy atom. The molecule has 6 nitrogen and oxygen atoms in total. The number of carbonyl (C=O) groups is 3. The van der Waals surface area contributed by atoms with Gasteiger partial charge in [0.25, 0.3) is 0 Å². The minimum absolute atomic E-state index is 0.180. The Kier molecular flexibility index (Phi) is 8.98. The molecule has 2 N–H and O–H groups in total. The molecule has 1 rings (SSSR count). The zero-order chi connectivity index (χ0) is 20.6. The van der Waals surface area contributed by atoms with Gasteiger partial charge in [0, 0.05) is 0 Å². The van der Waals surface area contributed by atoms with Crippen LogP contribution in [0.4, 0.5) is 0 Å². The lowest BCUT2D eigenvalue weighted by atomic mass is 9.85. The van der Waals surface area contributed by atoms with E-state index >= 15 is 0 Å². The van der Waals surface area contributed by atoms with Crippen LogP contribution in [0.2, 0.25) is 0 Å². The molecular formula is C21H30O6. The van der Waals surface area contributed by atoms with Crippen molar-refractivity contribution in [3.05, 3.63) is 34.9 Å². The summed E-state index contributed by atoms with van der Waals surface area (Å²) >= 11 is 0. The number of hydrogen-bond acceptors (Lipinski definition) is 4. The first-order valence-electron chi connectivity index (χ1n) is 9.60. The van der Waals surface area contributed by atoms with Gasteiger partial charge in [0.15, 0.2) is 0 Å². The van der Waals surface area contributed by atoms with Gasteiger partial charge in [-0.05, 0) is 43.2 Å². The fraction of sp³-hybridized carbons (Fsp3) is 0.571. The average Bonchev–Trinajstić information content (AvgIpc) is 2.66. The summed E-state index contributed by atoms with van der Waals surface area (Å²) in [6.07, 6.45) is 4.19. The van der Waals surface area contributed by atoms with Gasteiger partial charge in [-0.15, -0.1) is 0 Å². The van der Waals surface area contributed by atoms with E-state index in [0.29, 0.717) is 12.3 Å². The topological polar surface area (TPSA) is 101 Å². The lowest BCUT2D eigenvalue weighted by Crippen LogP contribution is -2.29. The van der Waals surface area contributed by atoms with E-state index < -0.39 is 29.0 Å². The van der Waals surface area contributed by atoms with E-state index in [1.807, 2.05) is 6.92 Å². The van der Waals surface area contributed by atoms with Gasteiger partial charge in [0.05, 0.1) is 16.7 Å². The highest BCUT2D eigenvalue weighted by molar-refractivity contribution is 6.09. The van der Waals surface area contributed by atoms with Crippen molar-refractivity contribution in [2.24, 2.45) is 11.8 Å². The first kappa shape index (κ1) is 22.7. The fourth-order valence-electron chi connectivity index (χ4n) is 3.48. The summed E-state index contributed by atoms with van der Waals surface area (Å²) in [6, 6.07) is 3.82. The Balaban J connectivity index is 3.13. The number of ether oxygens (including phenoxy) is 1. The molecular weight excluding hydrogens is 348 g/mol. The predicted octanol–water partition coefficient (Wildman–Crippen LogP) is 4.87. The van der Waals surface area contributed by atoms with Gasteiger partial charge in [-0.1, -0.05) is 46.6 Å². The molecule has 2 atom stereocenters. The third-order valence-electron chi connectivity index (χ3n) is 5.23. The Bertz CT molecular complexity index is 663. The van der Waals surface area contributed by atoms with Crippen LogP contribution in [0.15, 0.2) is 18.2 Å². The highest BCUT2D eigenvalue weighted by atomic mass is 16.5. The summed E-state index contributed by atoms with van der Waals surface area (Å²) in [7, 11) is 0. The van der Waals surface area contributed by atoms with Gasteiger partial charge < -0.3 is 14.9 Å². The fourth-order valence-corrected chi connectivity index (χ4v) is 3.48. The van der Waals surface area contributed by atoms with Crippen molar-refractivity contribution < 1.29 is 29.3 Å². The predicted molar refractivity (Wildman–Crippen MR) is 102 cm³/mol. The largest absolute Gasteiger partial charge is 0.478 e. The highest BCUT2D eigenvalue weighted by Crippen LogP contribution is 2.28. The van der Waals surface area contributed by atoms with E-state index in [9.17, 15) is 24.6 Å². The maximum atomic E-state index is 12.7. The van der Waals surface area contributed by atoms with Gasteiger partial charge in [-0.25, -0.2) is 14.4 Å². The molecule has 0 aliphatic heterocycles. The summed E-state index contributed by atoms with van der Waals surface area (Å²) < 4.78 is 5.66. The molecule has 2 unspecified atom stereocenters. The van der Waals surface area contributed by atoms with Crippen molar-refractivity contribution in [3.8, 4) is 0 Å². The number of benzene rings is 1. The maximum absolute atomic E-state index is 12.7. The van der Waals surface area contributed by atoms with Crippen LogP contribution in [0, 0.1) is 11.8 Å². The summed E-state index contributed by atoms with van der Waals surface area (Å²) in [5, 5.41) is 18.6. The molecule has 0 saturated heterocycles. The second-order valence-electron chi connectivity index (χ2n) is 6.78. The van der Waals surface area contributed by atoms with Crippen LogP contribution in [0.1, 0.15) is 90.9 Å². The Morgan fingerprint density at radius 1 is 0.889 bits per heavy atom. The van der Waals surface area contributed by atoms with Crippen LogP contribution in [0.5, 0.6) is 0 Å². The average molecular weight is 378 g/mol. The first-order valence-corrected chi connectivity index (χ1v) is 9.60. The third-order valence-corrected chi connectivity index (χ3v) is 5.23. The number of rotatable bonds is 11. The molecule has 0 spiro atoms. The molecule has 1 aromatic carbocycles. The van der Waals surface area contributed by atoms with E-state index in [1.54, 1.807) is 0 Å². The monoisotopic (exact) mass is 378 g/mol. The molecule has 0 amide bonds. The number of carboxylic acids is 2. The van der Waals surface area contributed by atoms with Crippen molar-refractivity contribution in [3.63, 3.8) is 0 Å². The van der Waals surface area contributed by atoms with E-state index in [0.717, 1.165) is 25.7 Å². The Morgan fingerprint density at radius 3 is 1.93 bits per heavy atom. The summed E-state index contributed by atoms with van der Waals surface area (Å²) in [4.78, 5) is 35.5. The van der Waals surface area contributed by atoms with Gasteiger partial charge >= 0.3 is 17.9 Å². The summed E-state index contributed by atoms with van der Waals surface area (Å²) in [5.74, 6) is -2.91. The number of carboxylic acid groups (broad SMARTS) is 2. The van der Waals surface area contributed by atoms with E-state index in [1.165, 1.54) is 18.2 Å².